The highest BCUT2D eigenvalue weighted by molar-refractivity contribution is 5.85. The Hall–Kier alpha value is -2.62. The van der Waals surface area contributed by atoms with E-state index in [-0.39, 0.29) is 10.8 Å². The van der Waals surface area contributed by atoms with Crippen molar-refractivity contribution in [3.8, 4) is 11.5 Å². The summed E-state index contributed by atoms with van der Waals surface area (Å²) in [5.74, 6) is 0.631. The highest BCUT2D eigenvalue weighted by Crippen LogP contribution is 2.33. The number of phenolic OH excluding ortho intramolecular Hbond substituents is 2. The molecule has 0 aliphatic heterocycles. The van der Waals surface area contributed by atoms with Gasteiger partial charge in [0.15, 0.2) is 0 Å². The van der Waals surface area contributed by atoms with Gasteiger partial charge in [0.2, 0.25) is 0 Å². The van der Waals surface area contributed by atoms with Crippen molar-refractivity contribution < 1.29 is 10.2 Å². The Balaban J connectivity index is 1.83. The van der Waals surface area contributed by atoms with Crippen LogP contribution in [0.2, 0.25) is 0 Å². The zero-order valence-corrected chi connectivity index (χ0v) is 19.2. The van der Waals surface area contributed by atoms with Crippen molar-refractivity contribution in [3.05, 3.63) is 58.7 Å². The van der Waals surface area contributed by atoms with Gasteiger partial charge in [0.05, 0.1) is 0 Å². The molecule has 2 aromatic rings. The normalized spacial score (nSPS) is 12.9. The molecular formula is C26H36N2O2. The van der Waals surface area contributed by atoms with Crippen molar-refractivity contribution in [1.29, 1.82) is 0 Å². The third-order valence-electron chi connectivity index (χ3n) is 5.04. The standard InChI is InChI=1S/C26H36N2O2/c1-25(2,3)21-13-9-11-19(23(21)29)17-27-15-7-8-16-28-18-20-12-10-14-22(24(20)30)26(4,5)6/h9-14,17-18,29-30H,7-8,15-16H2,1-6H3. The number of rotatable bonds is 7. The van der Waals surface area contributed by atoms with Gasteiger partial charge in [0.25, 0.3) is 0 Å². The molecule has 0 heterocycles. The second kappa shape index (κ2) is 9.92. The predicted molar refractivity (Wildman–Crippen MR) is 128 cm³/mol. The van der Waals surface area contributed by atoms with E-state index in [2.05, 4.69) is 51.5 Å². The van der Waals surface area contributed by atoms with Gasteiger partial charge in [-0.3, -0.25) is 9.98 Å². The van der Waals surface area contributed by atoms with Crippen LogP contribution in [0.15, 0.2) is 46.4 Å². The van der Waals surface area contributed by atoms with E-state index in [1.807, 2.05) is 36.4 Å². The zero-order valence-electron chi connectivity index (χ0n) is 19.2. The van der Waals surface area contributed by atoms with Crippen molar-refractivity contribution in [1.82, 2.24) is 0 Å². The first-order valence-electron chi connectivity index (χ1n) is 10.7. The lowest BCUT2D eigenvalue weighted by molar-refractivity contribution is 0.445. The molecule has 0 radical (unpaired) electrons. The molecule has 0 spiro atoms. The number of unbranched alkanes of at least 4 members (excludes halogenated alkanes) is 1. The predicted octanol–water partition coefficient (Wildman–Crippen LogP) is 6.01. The maximum atomic E-state index is 10.5. The van der Waals surface area contributed by atoms with Gasteiger partial charge in [0.1, 0.15) is 11.5 Å². The molecule has 0 bridgehead atoms. The average Bonchev–Trinajstić information content (AvgIpc) is 2.64. The van der Waals surface area contributed by atoms with Crippen LogP contribution in [0.25, 0.3) is 0 Å². The van der Waals surface area contributed by atoms with Gasteiger partial charge < -0.3 is 10.2 Å². The van der Waals surface area contributed by atoms with Gasteiger partial charge in [-0.05, 0) is 46.9 Å². The van der Waals surface area contributed by atoms with Crippen LogP contribution >= 0.6 is 0 Å². The first-order chi connectivity index (χ1) is 14.0. The van der Waals surface area contributed by atoms with Crippen molar-refractivity contribution >= 4 is 12.4 Å². The SMILES string of the molecule is CC(C)(C)c1cccc(C=NCCCCN=Cc2cccc(C(C)(C)C)c2O)c1O. The molecule has 30 heavy (non-hydrogen) atoms. The van der Waals surface area contributed by atoms with E-state index in [0.29, 0.717) is 24.6 Å². The fraction of sp³-hybridized carbons (Fsp3) is 0.462. The Bertz CT molecular complexity index is 825. The Labute approximate surface area is 181 Å². The molecule has 0 fully saturated rings. The van der Waals surface area contributed by atoms with Gasteiger partial charge in [-0.15, -0.1) is 0 Å². The molecular weight excluding hydrogens is 372 g/mol. The Morgan fingerprint density at radius 3 is 1.37 bits per heavy atom. The van der Waals surface area contributed by atoms with Gasteiger partial charge in [0, 0.05) is 36.6 Å². The van der Waals surface area contributed by atoms with E-state index in [1.54, 1.807) is 12.4 Å². The summed E-state index contributed by atoms with van der Waals surface area (Å²) in [4.78, 5) is 8.91. The van der Waals surface area contributed by atoms with Crippen LogP contribution in [0, 0.1) is 0 Å². The van der Waals surface area contributed by atoms with E-state index in [0.717, 1.165) is 35.1 Å². The molecule has 2 rings (SSSR count). The molecule has 0 amide bonds. The van der Waals surface area contributed by atoms with E-state index < -0.39 is 0 Å². The second-order valence-electron chi connectivity index (χ2n) is 9.76. The van der Waals surface area contributed by atoms with Gasteiger partial charge in [-0.2, -0.15) is 0 Å². The number of aromatic hydroxyl groups is 2. The molecule has 2 aromatic carbocycles. The van der Waals surface area contributed by atoms with Gasteiger partial charge >= 0.3 is 0 Å². The molecule has 0 aromatic heterocycles. The lowest BCUT2D eigenvalue weighted by Gasteiger charge is -2.21. The van der Waals surface area contributed by atoms with Crippen molar-refractivity contribution in [3.63, 3.8) is 0 Å². The Morgan fingerprint density at radius 2 is 1.03 bits per heavy atom. The van der Waals surface area contributed by atoms with Crippen LogP contribution in [0.3, 0.4) is 0 Å². The minimum absolute atomic E-state index is 0.104. The van der Waals surface area contributed by atoms with E-state index >= 15 is 0 Å². The van der Waals surface area contributed by atoms with Crippen molar-refractivity contribution in [2.75, 3.05) is 13.1 Å². The third-order valence-corrected chi connectivity index (χ3v) is 5.04. The summed E-state index contributed by atoms with van der Waals surface area (Å²) in [5, 5.41) is 20.9. The minimum atomic E-state index is -0.104. The van der Waals surface area contributed by atoms with Crippen LogP contribution in [-0.4, -0.2) is 35.7 Å². The first-order valence-corrected chi connectivity index (χ1v) is 10.7. The van der Waals surface area contributed by atoms with E-state index in [4.69, 9.17) is 0 Å². The molecule has 162 valence electrons. The van der Waals surface area contributed by atoms with E-state index in [9.17, 15) is 10.2 Å². The summed E-state index contributed by atoms with van der Waals surface area (Å²) in [6.07, 6.45) is 5.34. The van der Waals surface area contributed by atoms with E-state index in [1.165, 1.54) is 0 Å². The average molecular weight is 409 g/mol. The highest BCUT2D eigenvalue weighted by Gasteiger charge is 2.19. The fourth-order valence-corrected chi connectivity index (χ4v) is 3.27. The van der Waals surface area contributed by atoms with Gasteiger partial charge in [-0.25, -0.2) is 0 Å². The Kier molecular flexibility index (Phi) is 7.83. The lowest BCUT2D eigenvalue weighted by atomic mass is 9.85. The smallest absolute Gasteiger partial charge is 0.128 e. The molecule has 0 aliphatic rings. The first kappa shape index (κ1) is 23.7. The number of phenols is 2. The van der Waals surface area contributed by atoms with Crippen LogP contribution in [-0.2, 0) is 10.8 Å². The summed E-state index contributed by atoms with van der Waals surface area (Å²) < 4.78 is 0. The topological polar surface area (TPSA) is 65.2 Å². The van der Waals surface area contributed by atoms with Crippen LogP contribution in [0.4, 0.5) is 0 Å². The molecule has 0 saturated heterocycles. The molecule has 0 unspecified atom stereocenters. The fourth-order valence-electron chi connectivity index (χ4n) is 3.27. The zero-order chi connectivity index (χ0) is 22.4. The molecule has 0 aliphatic carbocycles. The summed E-state index contributed by atoms with van der Waals surface area (Å²) in [5.41, 5.74) is 3.17. The largest absolute Gasteiger partial charge is 0.507 e. The molecule has 4 heteroatoms. The number of aliphatic imine (C=N–C) groups is 2. The quantitative estimate of drug-likeness (QED) is 0.435. The summed E-state index contributed by atoms with van der Waals surface area (Å²) in [7, 11) is 0. The lowest BCUT2D eigenvalue weighted by Crippen LogP contribution is -2.11. The molecule has 0 saturated carbocycles. The third kappa shape index (κ3) is 6.45. The Morgan fingerprint density at radius 1 is 0.667 bits per heavy atom. The van der Waals surface area contributed by atoms with Crippen LogP contribution in [0.5, 0.6) is 11.5 Å². The van der Waals surface area contributed by atoms with Crippen molar-refractivity contribution in [2.45, 2.75) is 65.2 Å². The highest BCUT2D eigenvalue weighted by atomic mass is 16.3. The maximum absolute atomic E-state index is 10.5. The summed E-state index contributed by atoms with van der Waals surface area (Å²) >= 11 is 0. The molecule has 0 atom stereocenters. The van der Waals surface area contributed by atoms with Crippen LogP contribution in [0.1, 0.15) is 76.6 Å². The number of hydrogen-bond acceptors (Lipinski definition) is 4. The number of hydrogen-bond donors (Lipinski definition) is 2. The monoisotopic (exact) mass is 408 g/mol. The van der Waals surface area contributed by atoms with Gasteiger partial charge in [-0.1, -0.05) is 65.8 Å². The van der Waals surface area contributed by atoms with Crippen molar-refractivity contribution in [2.24, 2.45) is 9.98 Å². The number of nitrogens with zero attached hydrogens (tertiary/aromatic N) is 2. The number of para-hydroxylation sites is 2. The minimum Gasteiger partial charge on any atom is -0.507 e. The summed E-state index contributed by atoms with van der Waals surface area (Å²) in [6, 6.07) is 11.6. The molecule has 4 nitrogen and oxygen atoms in total. The number of benzene rings is 2. The maximum Gasteiger partial charge on any atom is 0.128 e. The summed E-state index contributed by atoms with van der Waals surface area (Å²) in [6.45, 7) is 13.9. The molecule has 2 N–H and O–H groups in total. The second-order valence-corrected chi connectivity index (χ2v) is 9.76. The van der Waals surface area contributed by atoms with Crippen LogP contribution < -0.4 is 0 Å².